The van der Waals surface area contributed by atoms with Crippen molar-refractivity contribution in [2.24, 2.45) is 11.7 Å². The van der Waals surface area contributed by atoms with Gasteiger partial charge in [-0.2, -0.15) is 0 Å². The van der Waals surface area contributed by atoms with E-state index in [0.717, 1.165) is 0 Å². The summed E-state index contributed by atoms with van der Waals surface area (Å²) in [6.45, 7) is 3.87. The Morgan fingerprint density at radius 1 is 1.39 bits per heavy atom. The topological polar surface area (TPSA) is 55.1 Å². The van der Waals surface area contributed by atoms with Crippen LogP contribution in [-0.4, -0.2) is 11.9 Å². The van der Waals surface area contributed by atoms with E-state index in [-0.39, 0.29) is 16.1 Å². The van der Waals surface area contributed by atoms with Gasteiger partial charge in [-0.25, -0.2) is 8.78 Å². The average Bonchev–Trinajstić information content (AvgIpc) is 2.24. The maximum atomic E-state index is 13.4. The third-order valence-electron chi connectivity index (χ3n) is 2.33. The number of benzene rings is 1. The third kappa shape index (κ3) is 4.03. The maximum absolute atomic E-state index is 13.4. The summed E-state index contributed by atoms with van der Waals surface area (Å²) in [5, 5.41) is 2.35. The minimum atomic E-state index is -0.833. The smallest absolute Gasteiger partial charge is 0.241 e. The molecule has 0 aliphatic carbocycles. The Hall–Kier alpha value is -1.01. The molecule has 0 spiro atoms. The van der Waals surface area contributed by atoms with Crippen LogP contribution in [0.15, 0.2) is 16.6 Å². The number of nitrogens with two attached hydrogens (primary N) is 1. The SMILES string of the molecule is CC(C)CC(N)C(=O)Nc1cc(Br)c(F)cc1F. The van der Waals surface area contributed by atoms with Gasteiger partial charge in [0.05, 0.1) is 16.2 Å². The van der Waals surface area contributed by atoms with Crippen molar-refractivity contribution < 1.29 is 13.6 Å². The number of amides is 1. The quantitative estimate of drug-likeness (QED) is 0.838. The van der Waals surface area contributed by atoms with Gasteiger partial charge in [0.25, 0.3) is 0 Å². The monoisotopic (exact) mass is 320 g/mol. The lowest BCUT2D eigenvalue weighted by molar-refractivity contribution is -0.117. The molecule has 18 heavy (non-hydrogen) atoms. The van der Waals surface area contributed by atoms with Gasteiger partial charge in [0, 0.05) is 6.07 Å². The molecule has 3 N–H and O–H groups in total. The second-order valence-corrected chi connectivity index (χ2v) is 5.33. The van der Waals surface area contributed by atoms with Crippen LogP contribution < -0.4 is 11.1 Å². The number of rotatable bonds is 4. The van der Waals surface area contributed by atoms with E-state index in [4.69, 9.17) is 5.73 Å². The molecule has 0 aromatic heterocycles. The van der Waals surface area contributed by atoms with Crippen LogP contribution in [0.5, 0.6) is 0 Å². The number of carbonyl (C=O) groups excluding carboxylic acids is 1. The van der Waals surface area contributed by atoms with Crippen molar-refractivity contribution in [1.82, 2.24) is 0 Å². The van der Waals surface area contributed by atoms with Gasteiger partial charge in [-0.3, -0.25) is 4.79 Å². The summed E-state index contributed by atoms with van der Waals surface area (Å²) in [4.78, 5) is 11.7. The number of hydrogen-bond acceptors (Lipinski definition) is 2. The van der Waals surface area contributed by atoms with Gasteiger partial charge in [0.2, 0.25) is 5.91 Å². The molecule has 1 aromatic carbocycles. The number of hydrogen-bond donors (Lipinski definition) is 2. The molecular weight excluding hydrogens is 306 g/mol. The molecule has 1 atom stereocenters. The Labute approximate surface area is 113 Å². The van der Waals surface area contributed by atoms with E-state index < -0.39 is 23.6 Å². The van der Waals surface area contributed by atoms with E-state index in [1.807, 2.05) is 13.8 Å². The number of halogens is 3. The Bertz CT molecular complexity index is 452. The second kappa shape index (κ2) is 6.24. The predicted octanol–water partition coefficient (Wildman–Crippen LogP) is 3.04. The van der Waals surface area contributed by atoms with Crippen molar-refractivity contribution in [3.05, 3.63) is 28.2 Å². The zero-order chi connectivity index (χ0) is 13.9. The predicted molar refractivity (Wildman–Crippen MR) is 70.1 cm³/mol. The van der Waals surface area contributed by atoms with Gasteiger partial charge in [-0.15, -0.1) is 0 Å². The molecule has 0 saturated carbocycles. The summed E-state index contributed by atoms with van der Waals surface area (Å²) in [5.41, 5.74) is 5.57. The van der Waals surface area contributed by atoms with Crippen molar-refractivity contribution in [1.29, 1.82) is 0 Å². The fourth-order valence-corrected chi connectivity index (χ4v) is 1.80. The first kappa shape index (κ1) is 15.0. The minimum Gasteiger partial charge on any atom is -0.322 e. The molecule has 0 saturated heterocycles. The molecule has 0 fully saturated rings. The summed E-state index contributed by atoms with van der Waals surface area (Å²) in [7, 11) is 0. The third-order valence-corrected chi connectivity index (χ3v) is 2.94. The number of carbonyl (C=O) groups is 1. The molecule has 1 amide bonds. The lowest BCUT2D eigenvalue weighted by Crippen LogP contribution is -2.36. The van der Waals surface area contributed by atoms with Gasteiger partial charge in [-0.05, 0) is 34.3 Å². The fourth-order valence-electron chi connectivity index (χ4n) is 1.46. The van der Waals surface area contributed by atoms with Crippen LogP contribution in [0.4, 0.5) is 14.5 Å². The molecular formula is C12H15BrF2N2O. The first-order valence-corrected chi connectivity index (χ1v) is 6.31. The molecule has 0 bridgehead atoms. The maximum Gasteiger partial charge on any atom is 0.241 e. The minimum absolute atomic E-state index is 0.0802. The summed E-state index contributed by atoms with van der Waals surface area (Å²) in [6.07, 6.45) is 0.496. The highest BCUT2D eigenvalue weighted by atomic mass is 79.9. The van der Waals surface area contributed by atoms with Crippen LogP contribution in [0.3, 0.4) is 0 Å². The largest absolute Gasteiger partial charge is 0.322 e. The molecule has 0 radical (unpaired) electrons. The average molecular weight is 321 g/mol. The Morgan fingerprint density at radius 3 is 2.56 bits per heavy atom. The number of anilines is 1. The molecule has 1 aromatic rings. The highest BCUT2D eigenvalue weighted by molar-refractivity contribution is 9.10. The van der Waals surface area contributed by atoms with Crippen LogP contribution in [0.25, 0.3) is 0 Å². The van der Waals surface area contributed by atoms with Crippen molar-refractivity contribution in [3.63, 3.8) is 0 Å². The van der Waals surface area contributed by atoms with Crippen LogP contribution in [0, 0.1) is 17.6 Å². The van der Waals surface area contributed by atoms with E-state index in [1.54, 1.807) is 0 Å². The van der Waals surface area contributed by atoms with E-state index in [0.29, 0.717) is 12.5 Å². The van der Waals surface area contributed by atoms with E-state index in [2.05, 4.69) is 21.2 Å². The molecule has 0 aliphatic rings. The lowest BCUT2D eigenvalue weighted by atomic mass is 10.0. The van der Waals surface area contributed by atoms with Crippen LogP contribution >= 0.6 is 15.9 Å². The van der Waals surface area contributed by atoms with Crippen LogP contribution in [0.2, 0.25) is 0 Å². The van der Waals surface area contributed by atoms with Gasteiger partial charge >= 0.3 is 0 Å². The second-order valence-electron chi connectivity index (χ2n) is 4.47. The molecule has 6 heteroatoms. The van der Waals surface area contributed by atoms with Crippen LogP contribution in [0.1, 0.15) is 20.3 Å². The summed E-state index contributed by atoms with van der Waals surface area (Å²) in [6, 6.07) is 1.16. The highest BCUT2D eigenvalue weighted by Crippen LogP contribution is 2.23. The van der Waals surface area contributed by atoms with E-state index in [1.165, 1.54) is 6.07 Å². The Morgan fingerprint density at radius 2 is 2.00 bits per heavy atom. The van der Waals surface area contributed by atoms with Crippen molar-refractivity contribution in [3.8, 4) is 0 Å². The Balaban J connectivity index is 2.79. The molecule has 0 heterocycles. The van der Waals surface area contributed by atoms with Crippen LogP contribution in [-0.2, 0) is 4.79 Å². The number of nitrogens with one attached hydrogen (secondary N) is 1. The van der Waals surface area contributed by atoms with Gasteiger partial charge in [0.15, 0.2) is 0 Å². The van der Waals surface area contributed by atoms with Gasteiger partial charge in [-0.1, -0.05) is 13.8 Å². The Kier molecular flexibility index (Phi) is 5.22. The highest BCUT2D eigenvalue weighted by Gasteiger charge is 2.17. The zero-order valence-corrected chi connectivity index (χ0v) is 11.7. The standard InChI is InChI=1S/C12H15BrF2N2O/c1-6(2)3-10(16)12(18)17-11-4-7(13)8(14)5-9(11)15/h4-6,10H,3,16H2,1-2H3,(H,17,18). The molecule has 1 rings (SSSR count). The van der Waals surface area contributed by atoms with Crippen molar-refractivity contribution >= 4 is 27.5 Å². The molecule has 1 unspecified atom stereocenters. The zero-order valence-electron chi connectivity index (χ0n) is 10.1. The van der Waals surface area contributed by atoms with E-state index >= 15 is 0 Å². The van der Waals surface area contributed by atoms with Crippen molar-refractivity contribution in [2.75, 3.05) is 5.32 Å². The lowest BCUT2D eigenvalue weighted by Gasteiger charge is -2.14. The molecule has 3 nitrogen and oxygen atoms in total. The van der Waals surface area contributed by atoms with Gasteiger partial charge < -0.3 is 11.1 Å². The van der Waals surface area contributed by atoms with E-state index in [9.17, 15) is 13.6 Å². The summed E-state index contributed by atoms with van der Waals surface area (Å²) >= 11 is 2.92. The molecule has 0 aliphatic heterocycles. The first-order chi connectivity index (χ1) is 8.31. The molecule has 100 valence electrons. The summed E-state index contributed by atoms with van der Waals surface area (Å²) < 4.78 is 26.5. The normalized spacial score (nSPS) is 12.6. The first-order valence-electron chi connectivity index (χ1n) is 5.52. The van der Waals surface area contributed by atoms with Gasteiger partial charge in [0.1, 0.15) is 11.6 Å². The summed E-state index contributed by atoms with van der Waals surface area (Å²) in [5.74, 6) is -1.78. The van der Waals surface area contributed by atoms with Crippen molar-refractivity contribution in [2.45, 2.75) is 26.3 Å². The fraction of sp³-hybridized carbons (Fsp3) is 0.417.